The molecule has 3 heterocycles. The number of benzene rings is 1. The van der Waals surface area contributed by atoms with Crippen LogP contribution in [-0.4, -0.2) is 36.7 Å². The Balaban J connectivity index is 1.50. The van der Waals surface area contributed by atoms with Crippen molar-refractivity contribution in [3.63, 3.8) is 0 Å². The van der Waals surface area contributed by atoms with E-state index in [4.69, 9.17) is 4.74 Å². The van der Waals surface area contributed by atoms with Gasteiger partial charge >= 0.3 is 0 Å². The van der Waals surface area contributed by atoms with Gasteiger partial charge in [-0.1, -0.05) is 18.2 Å². The molecule has 1 fully saturated rings. The molecule has 1 aromatic heterocycles. The third-order valence-corrected chi connectivity index (χ3v) is 5.17. The molecule has 0 spiro atoms. The number of fused-ring (bicyclic) bond motifs is 3. The lowest BCUT2D eigenvalue weighted by atomic mass is 9.98. The smallest absolute Gasteiger partial charge is 0.224 e. The third-order valence-electron chi connectivity index (χ3n) is 5.17. The number of carbonyl (C=O) groups is 1. The lowest BCUT2D eigenvalue weighted by Crippen LogP contribution is -2.36. The first-order valence-corrected chi connectivity index (χ1v) is 9.03. The Labute approximate surface area is 142 Å². The second-order valence-corrected chi connectivity index (χ2v) is 6.83. The zero-order chi connectivity index (χ0) is 16.4. The van der Waals surface area contributed by atoms with Crippen LogP contribution in [0.25, 0.3) is 10.9 Å². The molecule has 0 saturated carbocycles. The van der Waals surface area contributed by atoms with Crippen LogP contribution in [0.2, 0.25) is 0 Å². The first-order chi connectivity index (χ1) is 11.8. The quantitative estimate of drug-likeness (QED) is 0.904. The number of aromatic nitrogens is 1. The first kappa shape index (κ1) is 15.5. The zero-order valence-corrected chi connectivity index (χ0v) is 14.0. The number of ether oxygens (including phenoxy) is 1. The molecule has 2 aliphatic rings. The van der Waals surface area contributed by atoms with Crippen LogP contribution < -0.4 is 15.4 Å². The van der Waals surface area contributed by atoms with Crippen molar-refractivity contribution in [3.05, 3.63) is 29.8 Å². The van der Waals surface area contributed by atoms with Gasteiger partial charge in [0.05, 0.1) is 18.5 Å². The molecule has 128 valence electrons. The summed E-state index contributed by atoms with van der Waals surface area (Å²) in [6.07, 6.45) is 3.71. The van der Waals surface area contributed by atoms with Crippen molar-refractivity contribution < 1.29 is 9.53 Å². The highest BCUT2D eigenvalue weighted by Gasteiger charge is 2.23. The maximum atomic E-state index is 12.5. The minimum absolute atomic E-state index is 0.0989. The van der Waals surface area contributed by atoms with Gasteiger partial charge in [0.1, 0.15) is 0 Å². The van der Waals surface area contributed by atoms with Crippen LogP contribution in [0.3, 0.4) is 0 Å². The van der Waals surface area contributed by atoms with Crippen LogP contribution in [-0.2, 0) is 17.8 Å². The van der Waals surface area contributed by atoms with Crippen molar-refractivity contribution in [2.24, 2.45) is 5.92 Å². The number of rotatable bonds is 4. The predicted molar refractivity (Wildman–Crippen MR) is 94.4 cm³/mol. The van der Waals surface area contributed by atoms with E-state index in [1.807, 2.05) is 12.1 Å². The molecule has 5 heteroatoms. The van der Waals surface area contributed by atoms with Crippen LogP contribution >= 0.6 is 0 Å². The maximum absolute atomic E-state index is 12.5. The number of aryl methyl sites for hydroxylation is 1. The van der Waals surface area contributed by atoms with Gasteiger partial charge in [0.25, 0.3) is 0 Å². The second-order valence-electron chi connectivity index (χ2n) is 6.83. The molecule has 0 unspecified atom stereocenters. The zero-order valence-electron chi connectivity index (χ0n) is 14.0. The van der Waals surface area contributed by atoms with E-state index >= 15 is 0 Å². The Bertz CT molecular complexity index is 732. The van der Waals surface area contributed by atoms with E-state index in [2.05, 4.69) is 27.3 Å². The van der Waals surface area contributed by atoms with Gasteiger partial charge in [0.2, 0.25) is 5.91 Å². The Hall–Kier alpha value is -2.01. The predicted octanol–water partition coefficient (Wildman–Crippen LogP) is 2.08. The lowest BCUT2D eigenvalue weighted by Gasteiger charge is -2.22. The number of nitrogens with zero attached hydrogens (tertiary/aromatic N) is 1. The third kappa shape index (κ3) is 3.00. The molecule has 4 rings (SSSR count). The topological polar surface area (TPSA) is 55.3 Å². The normalized spacial score (nSPS) is 18.2. The fourth-order valence-corrected chi connectivity index (χ4v) is 3.87. The highest BCUT2D eigenvalue weighted by molar-refractivity contribution is 5.92. The molecule has 1 amide bonds. The minimum Gasteiger partial charge on any atom is -0.479 e. The summed E-state index contributed by atoms with van der Waals surface area (Å²) >= 11 is 0. The fourth-order valence-electron chi connectivity index (χ4n) is 3.87. The van der Waals surface area contributed by atoms with E-state index in [1.165, 1.54) is 5.52 Å². The lowest BCUT2D eigenvalue weighted by molar-refractivity contribution is -0.120. The van der Waals surface area contributed by atoms with E-state index < -0.39 is 0 Å². The average Bonchev–Trinajstić information content (AvgIpc) is 2.95. The SMILES string of the molecule is O=C(Cc1c2n(c3ccccc13)CCCO2)NCC1CCNCC1. The van der Waals surface area contributed by atoms with E-state index in [0.717, 1.165) is 68.9 Å². The van der Waals surface area contributed by atoms with Crippen LogP contribution in [0, 0.1) is 5.92 Å². The second kappa shape index (κ2) is 6.85. The molecule has 2 N–H and O–H groups in total. The number of hydrogen-bond acceptors (Lipinski definition) is 3. The molecule has 5 nitrogen and oxygen atoms in total. The van der Waals surface area contributed by atoms with E-state index in [-0.39, 0.29) is 5.91 Å². The first-order valence-electron chi connectivity index (χ1n) is 9.03. The molecule has 0 aliphatic carbocycles. The molecule has 0 atom stereocenters. The van der Waals surface area contributed by atoms with Crippen LogP contribution in [0.15, 0.2) is 24.3 Å². The Kier molecular flexibility index (Phi) is 4.43. The standard InChI is InChI=1S/C19H25N3O2/c23-18(21-13-14-6-8-20-9-7-14)12-16-15-4-1-2-5-17(15)22-10-3-11-24-19(16)22/h1-2,4-5,14,20H,3,6-13H2,(H,21,23). The van der Waals surface area contributed by atoms with Gasteiger partial charge in [-0.2, -0.15) is 0 Å². The van der Waals surface area contributed by atoms with Crippen molar-refractivity contribution in [1.29, 1.82) is 0 Å². The summed E-state index contributed by atoms with van der Waals surface area (Å²) in [6.45, 7) is 4.61. The summed E-state index contributed by atoms with van der Waals surface area (Å²) in [5.41, 5.74) is 2.21. The van der Waals surface area contributed by atoms with Crippen molar-refractivity contribution in [3.8, 4) is 5.88 Å². The number of nitrogens with one attached hydrogen (secondary N) is 2. The number of carbonyl (C=O) groups excluding carboxylic acids is 1. The summed E-state index contributed by atoms with van der Waals surface area (Å²) in [5, 5.41) is 7.64. The van der Waals surface area contributed by atoms with Crippen molar-refractivity contribution in [2.75, 3.05) is 26.2 Å². The van der Waals surface area contributed by atoms with Crippen LogP contribution in [0.5, 0.6) is 5.88 Å². The number of hydrogen-bond donors (Lipinski definition) is 2. The molecule has 1 aromatic carbocycles. The number of amides is 1. The largest absolute Gasteiger partial charge is 0.479 e. The summed E-state index contributed by atoms with van der Waals surface area (Å²) in [7, 11) is 0. The Morgan fingerprint density at radius 1 is 1.29 bits per heavy atom. The van der Waals surface area contributed by atoms with Crippen molar-refractivity contribution in [1.82, 2.24) is 15.2 Å². The average molecular weight is 327 g/mol. The molecule has 0 bridgehead atoms. The monoisotopic (exact) mass is 327 g/mol. The Morgan fingerprint density at radius 3 is 3.00 bits per heavy atom. The summed E-state index contributed by atoms with van der Waals surface area (Å²) < 4.78 is 8.13. The number of para-hydroxylation sites is 1. The highest BCUT2D eigenvalue weighted by Crippen LogP contribution is 2.34. The fraction of sp³-hybridized carbons (Fsp3) is 0.526. The van der Waals surface area contributed by atoms with E-state index in [1.54, 1.807) is 0 Å². The van der Waals surface area contributed by atoms with Gasteiger partial charge in [-0.3, -0.25) is 4.79 Å². The summed E-state index contributed by atoms with van der Waals surface area (Å²) in [4.78, 5) is 12.5. The summed E-state index contributed by atoms with van der Waals surface area (Å²) in [5.74, 6) is 1.59. The molecule has 2 aromatic rings. The minimum atomic E-state index is 0.0989. The van der Waals surface area contributed by atoms with E-state index in [9.17, 15) is 4.79 Å². The maximum Gasteiger partial charge on any atom is 0.224 e. The molecule has 24 heavy (non-hydrogen) atoms. The highest BCUT2D eigenvalue weighted by atomic mass is 16.5. The molecule has 2 aliphatic heterocycles. The van der Waals surface area contributed by atoms with Gasteiger partial charge in [0, 0.05) is 24.0 Å². The molecular formula is C19H25N3O2. The van der Waals surface area contributed by atoms with Gasteiger partial charge < -0.3 is 19.9 Å². The van der Waals surface area contributed by atoms with Crippen LogP contribution in [0.4, 0.5) is 0 Å². The molecule has 1 saturated heterocycles. The van der Waals surface area contributed by atoms with Crippen LogP contribution in [0.1, 0.15) is 24.8 Å². The van der Waals surface area contributed by atoms with Crippen molar-refractivity contribution >= 4 is 16.8 Å². The van der Waals surface area contributed by atoms with E-state index in [0.29, 0.717) is 12.3 Å². The van der Waals surface area contributed by atoms with Crippen molar-refractivity contribution in [2.45, 2.75) is 32.2 Å². The number of piperidine rings is 1. The van der Waals surface area contributed by atoms with Gasteiger partial charge in [-0.25, -0.2) is 0 Å². The molecular weight excluding hydrogens is 302 g/mol. The molecule has 0 radical (unpaired) electrons. The van der Waals surface area contributed by atoms with Gasteiger partial charge in [-0.05, 0) is 44.3 Å². The Morgan fingerprint density at radius 2 is 2.12 bits per heavy atom. The summed E-state index contributed by atoms with van der Waals surface area (Å²) in [6, 6.07) is 8.29. The van der Waals surface area contributed by atoms with Gasteiger partial charge in [-0.15, -0.1) is 0 Å². The van der Waals surface area contributed by atoms with Gasteiger partial charge in [0.15, 0.2) is 5.88 Å².